The average molecular weight is 297 g/mol. The summed E-state index contributed by atoms with van der Waals surface area (Å²) in [5.41, 5.74) is 6.65. The van der Waals surface area contributed by atoms with Crippen LogP contribution >= 0.6 is 0 Å². The van der Waals surface area contributed by atoms with Crippen molar-refractivity contribution in [3.63, 3.8) is 0 Å². The second kappa shape index (κ2) is 4.68. The third-order valence-corrected chi connectivity index (χ3v) is 3.40. The van der Waals surface area contributed by atoms with Gasteiger partial charge in [0.2, 0.25) is 0 Å². The third kappa shape index (κ3) is 2.68. The quantitative estimate of drug-likeness (QED) is 0.940. The fourth-order valence-corrected chi connectivity index (χ4v) is 2.43. The summed E-state index contributed by atoms with van der Waals surface area (Å²) in [6, 6.07) is 6.20. The van der Waals surface area contributed by atoms with Gasteiger partial charge in [-0.05, 0) is 31.9 Å². The van der Waals surface area contributed by atoms with Gasteiger partial charge in [0.05, 0.1) is 0 Å². The number of aryl methyl sites for hydroxylation is 1. The van der Waals surface area contributed by atoms with Crippen molar-refractivity contribution in [2.24, 2.45) is 0 Å². The van der Waals surface area contributed by atoms with Crippen LogP contribution in [0.4, 0.5) is 19.0 Å². The van der Waals surface area contributed by atoms with E-state index in [0.717, 1.165) is 12.8 Å². The van der Waals surface area contributed by atoms with Crippen molar-refractivity contribution in [2.75, 3.05) is 5.73 Å². The molecule has 0 bridgehead atoms. The van der Waals surface area contributed by atoms with Gasteiger partial charge in [0.1, 0.15) is 23.1 Å². The minimum atomic E-state index is -4.75. The molecule has 1 saturated carbocycles. The van der Waals surface area contributed by atoms with Crippen LogP contribution in [0.15, 0.2) is 24.3 Å². The Hall–Kier alpha value is -2.18. The van der Waals surface area contributed by atoms with E-state index in [9.17, 15) is 13.2 Å². The molecule has 3 rings (SSSR count). The van der Waals surface area contributed by atoms with Gasteiger partial charge in [0, 0.05) is 11.6 Å². The Labute approximate surface area is 119 Å². The molecule has 1 heterocycles. The van der Waals surface area contributed by atoms with Crippen molar-refractivity contribution in [2.45, 2.75) is 32.2 Å². The summed E-state index contributed by atoms with van der Waals surface area (Å²) >= 11 is 0. The monoisotopic (exact) mass is 297 g/mol. The largest absolute Gasteiger partial charge is 0.573 e. The van der Waals surface area contributed by atoms with Crippen LogP contribution in [0.3, 0.4) is 0 Å². The van der Waals surface area contributed by atoms with Gasteiger partial charge in [-0.25, -0.2) is 4.98 Å². The molecular weight excluding hydrogens is 283 g/mol. The van der Waals surface area contributed by atoms with Gasteiger partial charge in [-0.2, -0.15) is 0 Å². The van der Waals surface area contributed by atoms with E-state index in [1.165, 1.54) is 18.2 Å². The first-order chi connectivity index (χ1) is 9.87. The smallest absolute Gasteiger partial charge is 0.405 e. The highest BCUT2D eigenvalue weighted by Crippen LogP contribution is 2.42. The van der Waals surface area contributed by atoms with Gasteiger partial charge in [0.25, 0.3) is 0 Å². The predicted molar refractivity (Wildman–Crippen MR) is 71.8 cm³/mol. The number of nitrogens with two attached hydrogens (primary N) is 1. The van der Waals surface area contributed by atoms with Crippen molar-refractivity contribution >= 4 is 5.82 Å². The molecule has 1 aliphatic carbocycles. The van der Waals surface area contributed by atoms with E-state index in [1.54, 1.807) is 13.0 Å². The standard InChI is InChI=1S/C14H14F3N3O/c1-8-19-12(13(18)20(8)9-6-7-9)10-4-2-3-5-11(10)21-14(15,16)17/h2-5,9H,6-7,18H2,1H3. The van der Waals surface area contributed by atoms with Crippen molar-refractivity contribution < 1.29 is 17.9 Å². The van der Waals surface area contributed by atoms with Crippen molar-refractivity contribution in [3.05, 3.63) is 30.1 Å². The van der Waals surface area contributed by atoms with Crippen LogP contribution in [0, 0.1) is 6.92 Å². The molecule has 21 heavy (non-hydrogen) atoms. The summed E-state index contributed by atoms with van der Waals surface area (Å²) in [7, 11) is 0. The molecule has 2 aromatic rings. The van der Waals surface area contributed by atoms with Gasteiger partial charge in [-0.15, -0.1) is 13.2 Å². The topological polar surface area (TPSA) is 53.1 Å². The maximum atomic E-state index is 12.5. The van der Waals surface area contributed by atoms with E-state index in [0.29, 0.717) is 23.4 Å². The van der Waals surface area contributed by atoms with Crippen LogP contribution in [-0.4, -0.2) is 15.9 Å². The average Bonchev–Trinajstić information content (AvgIpc) is 3.15. The lowest BCUT2D eigenvalue weighted by molar-refractivity contribution is -0.274. The number of anilines is 1. The Morgan fingerprint density at radius 1 is 1.29 bits per heavy atom. The van der Waals surface area contributed by atoms with Crippen LogP contribution in [0.5, 0.6) is 5.75 Å². The number of benzene rings is 1. The van der Waals surface area contributed by atoms with E-state index in [-0.39, 0.29) is 11.3 Å². The summed E-state index contributed by atoms with van der Waals surface area (Å²) < 4.78 is 43.4. The normalized spacial score (nSPS) is 15.2. The van der Waals surface area contributed by atoms with Crippen molar-refractivity contribution in [3.8, 4) is 17.0 Å². The lowest BCUT2D eigenvalue weighted by atomic mass is 10.1. The van der Waals surface area contributed by atoms with Crippen LogP contribution in [0.2, 0.25) is 0 Å². The second-order valence-electron chi connectivity index (χ2n) is 5.04. The number of alkyl halides is 3. The van der Waals surface area contributed by atoms with E-state index >= 15 is 0 Å². The molecule has 7 heteroatoms. The summed E-state index contributed by atoms with van der Waals surface area (Å²) in [5.74, 6) is 0.789. The summed E-state index contributed by atoms with van der Waals surface area (Å²) in [5, 5.41) is 0. The summed E-state index contributed by atoms with van der Waals surface area (Å²) in [4.78, 5) is 4.32. The Morgan fingerprint density at radius 2 is 1.95 bits per heavy atom. The first kappa shape index (κ1) is 13.8. The molecule has 0 amide bonds. The van der Waals surface area contributed by atoms with E-state index in [2.05, 4.69) is 9.72 Å². The Bertz CT molecular complexity index is 675. The second-order valence-corrected chi connectivity index (χ2v) is 5.04. The number of rotatable bonds is 3. The fourth-order valence-electron chi connectivity index (χ4n) is 2.43. The highest BCUT2D eigenvalue weighted by atomic mass is 19.4. The lowest BCUT2D eigenvalue weighted by Gasteiger charge is -2.12. The number of hydrogen-bond acceptors (Lipinski definition) is 3. The molecule has 4 nitrogen and oxygen atoms in total. The first-order valence-electron chi connectivity index (χ1n) is 6.56. The summed E-state index contributed by atoms with van der Waals surface area (Å²) in [6.07, 6.45) is -2.72. The van der Waals surface area contributed by atoms with Crippen LogP contribution in [0.25, 0.3) is 11.3 Å². The minimum Gasteiger partial charge on any atom is -0.405 e. The predicted octanol–water partition coefficient (Wildman–Crippen LogP) is 3.67. The van der Waals surface area contributed by atoms with Crippen LogP contribution in [0.1, 0.15) is 24.7 Å². The minimum absolute atomic E-state index is 0.245. The molecular formula is C14H14F3N3O. The number of aromatic nitrogens is 2. The molecule has 0 unspecified atom stereocenters. The van der Waals surface area contributed by atoms with E-state index in [4.69, 9.17) is 5.73 Å². The Kier molecular flexibility index (Phi) is 3.07. The fraction of sp³-hybridized carbons (Fsp3) is 0.357. The van der Waals surface area contributed by atoms with Crippen LogP contribution in [-0.2, 0) is 0 Å². The van der Waals surface area contributed by atoms with Gasteiger partial charge < -0.3 is 15.0 Å². The lowest BCUT2D eigenvalue weighted by Crippen LogP contribution is -2.17. The molecule has 2 N–H and O–H groups in total. The molecule has 1 aliphatic rings. The molecule has 0 saturated heterocycles. The number of halogens is 3. The molecule has 1 aromatic heterocycles. The number of ether oxygens (including phenoxy) is 1. The van der Waals surface area contributed by atoms with Crippen molar-refractivity contribution in [1.82, 2.24) is 9.55 Å². The zero-order valence-electron chi connectivity index (χ0n) is 11.3. The maximum Gasteiger partial charge on any atom is 0.573 e. The highest BCUT2D eigenvalue weighted by molar-refractivity contribution is 5.76. The van der Waals surface area contributed by atoms with Gasteiger partial charge >= 0.3 is 6.36 Å². The molecule has 0 atom stereocenters. The maximum absolute atomic E-state index is 12.5. The molecule has 112 valence electrons. The molecule has 0 aliphatic heterocycles. The van der Waals surface area contributed by atoms with Gasteiger partial charge in [0.15, 0.2) is 0 Å². The number of hydrogen-bond donors (Lipinski definition) is 1. The van der Waals surface area contributed by atoms with E-state index < -0.39 is 6.36 Å². The summed E-state index contributed by atoms with van der Waals surface area (Å²) in [6.45, 7) is 1.80. The SMILES string of the molecule is Cc1nc(-c2ccccc2OC(F)(F)F)c(N)n1C1CC1. The van der Waals surface area contributed by atoms with Crippen molar-refractivity contribution in [1.29, 1.82) is 0 Å². The molecule has 0 radical (unpaired) electrons. The van der Waals surface area contributed by atoms with Gasteiger partial charge in [-0.3, -0.25) is 0 Å². The van der Waals surface area contributed by atoms with Gasteiger partial charge in [-0.1, -0.05) is 12.1 Å². The number of nitrogen functional groups attached to an aromatic ring is 1. The molecule has 0 spiro atoms. The Balaban J connectivity index is 2.07. The zero-order valence-corrected chi connectivity index (χ0v) is 11.3. The highest BCUT2D eigenvalue weighted by Gasteiger charge is 2.34. The Morgan fingerprint density at radius 3 is 2.57 bits per heavy atom. The number of imidazole rings is 1. The van der Waals surface area contributed by atoms with E-state index in [1.807, 2.05) is 4.57 Å². The van der Waals surface area contributed by atoms with Crippen LogP contribution < -0.4 is 10.5 Å². The molecule has 1 fully saturated rings. The third-order valence-electron chi connectivity index (χ3n) is 3.40. The number of nitrogens with zero attached hydrogens (tertiary/aromatic N) is 2. The number of para-hydroxylation sites is 1. The molecule has 1 aromatic carbocycles. The first-order valence-corrected chi connectivity index (χ1v) is 6.56. The zero-order chi connectivity index (χ0) is 15.2.